The van der Waals surface area contributed by atoms with Crippen molar-refractivity contribution in [1.82, 2.24) is 4.90 Å². The number of hydrogen-bond acceptors (Lipinski definition) is 7. The third-order valence-electron chi connectivity index (χ3n) is 7.07. The first-order valence-corrected chi connectivity index (χ1v) is 12.2. The number of nitrogens with zero attached hydrogens (tertiary/aromatic N) is 1. The van der Waals surface area contributed by atoms with Gasteiger partial charge in [0.2, 0.25) is 11.8 Å². The molecular weight excluding hydrogens is 450 g/mol. The van der Waals surface area contributed by atoms with Crippen molar-refractivity contribution >= 4 is 24.0 Å². The normalized spacial score (nSPS) is 23.5. The van der Waals surface area contributed by atoms with Gasteiger partial charge in [-0.2, -0.15) is 4.90 Å². The van der Waals surface area contributed by atoms with E-state index in [2.05, 4.69) is 11.7 Å². The van der Waals surface area contributed by atoms with Gasteiger partial charge in [-0.3, -0.25) is 9.59 Å². The summed E-state index contributed by atoms with van der Waals surface area (Å²) < 4.78 is 4.62. The predicted molar refractivity (Wildman–Crippen MR) is 130 cm³/mol. The fourth-order valence-electron chi connectivity index (χ4n) is 5.49. The number of ether oxygens (including phenoxy) is 1. The van der Waals surface area contributed by atoms with Gasteiger partial charge in [0, 0.05) is 5.92 Å². The van der Waals surface area contributed by atoms with Crippen molar-refractivity contribution in [2.75, 3.05) is 13.7 Å². The number of allylic oxidation sites excluding steroid dienone is 2. The van der Waals surface area contributed by atoms with Gasteiger partial charge in [0.25, 0.3) is 0 Å². The van der Waals surface area contributed by atoms with Crippen LogP contribution in [0.4, 0.5) is 4.79 Å². The zero-order chi connectivity index (χ0) is 25.7. The minimum atomic E-state index is -1.02. The highest BCUT2D eigenvalue weighted by molar-refractivity contribution is 6.15. The molecule has 3 rings (SSSR count). The number of hydrogen-bond donors (Lipinski definition) is 3. The van der Waals surface area contributed by atoms with Gasteiger partial charge < -0.3 is 20.1 Å². The minimum Gasteiger partial charge on any atom is -0.508 e. The number of fused-ring (bicyclic) bond motifs is 1. The van der Waals surface area contributed by atoms with Crippen LogP contribution in [0.1, 0.15) is 57.9 Å². The standard InChI is InChI=1S/C27H35NO7/c1-4-7-16(12-17-8-6-9-19(30)13-17)10-11-22(31)23-18(5-2)14-20-24(21(23)15-29)26(33)28(25(20)32)27(34)35-3/h6,8-9,12-13,20-22,24,29-31H,4-5,7,10-11,14-15H2,1-3H3/b16-12+/t20-,21+,22-,24-/m1/s1. The lowest BCUT2D eigenvalue weighted by Crippen LogP contribution is -2.40. The van der Waals surface area contributed by atoms with Gasteiger partial charge in [0.15, 0.2) is 0 Å². The Morgan fingerprint density at radius 2 is 1.97 bits per heavy atom. The lowest BCUT2D eigenvalue weighted by atomic mass is 9.67. The van der Waals surface area contributed by atoms with Crippen molar-refractivity contribution in [3.05, 3.63) is 46.5 Å². The quantitative estimate of drug-likeness (QED) is 0.359. The Morgan fingerprint density at radius 3 is 2.57 bits per heavy atom. The molecule has 8 nitrogen and oxygen atoms in total. The summed E-state index contributed by atoms with van der Waals surface area (Å²) in [4.78, 5) is 38.5. The van der Waals surface area contributed by atoms with Crippen LogP contribution in [0.25, 0.3) is 6.08 Å². The molecule has 0 bridgehead atoms. The number of aliphatic hydroxyl groups excluding tert-OH is 2. The van der Waals surface area contributed by atoms with Crippen LogP contribution in [0.3, 0.4) is 0 Å². The van der Waals surface area contributed by atoms with E-state index >= 15 is 0 Å². The largest absolute Gasteiger partial charge is 0.508 e. The summed E-state index contributed by atoms with van der Waals surface area (Å²) in [6.45, 7) is 3.58. The molecule has 0 unspecified atom stereocenters. The molecule has 1 aromatic carbocycles. The lowest BCUT2D eigenvalue weighted by molar-refractivity contribution is -0.137. The van der Waals surface area contributed by atoms with Crippen molar-refractivity contribution < 1.29 is 34.4 Å². The molecule has 1 heterocycles. The molecule has 0 spiro atoms. The van der Waals surface area contributed by atoms with Crippen molar-refractivity contribution in [2.45, 2.75) is 58.5 Å². The second-order valence-electron chi connectivity index (χ2n) is 9.22. The summed E-state index contributed by atoms with van der Waals surface area (Å²) in [5.41, 5.74) is 3.45. The Morgan fingerprint density at radius 1 is 1.23 bits per heavy atom. The smallest absolute Gasteiger partial charge is 0.423 e. The molecule has 3 N–H and O–H groups in total. The molecule has 1 aliphatic heterocycles. The maximum atomic E-state index is 13.0. The van der Waals surface area contributed by atoms with Gasteiger partial charge >= 0.3 is 6.09 Å². The molecule has 35 heavy (non-hydrogen) atoms. The highest BCUT2D eigenvalue weighted by Crippen LogP contribution is 2.47. The molecule has 1 saturated heterocycles. The van der Waals surface area contributed by atoms with Gasteiger partial charge in [0.1, 0.15) is 5.75 Å². The zero-order valence-electron chi connectivity index (χ0n) is 20.6. The van der Waals surface area contributed by atoms with Crippen LogP contribution >= 0.6 is 0 Å². The molecule has 8 heteroatoms. The summed E-state index contributed by atoms with van der Waals surface area (Å²) >= 11 is 0. The number of aromatic hydroxyl groups is 1. The van der Waals surface area contributed by atoms with Crippen molar-refractivity contribution in [3.63, 3.8) is 0 Å². The first kappa shape index (κ1) is 26.6. The molecule has 1 aliphatic carbocycles. The zero-order valence-corrected chi connectivity index (χ0v) is 20.6. The van der Waals surface area contributed by atoms with E-state index in [9.17, 15) is 29.7 Å². The average molecular weight is 486 g/mol. The second-order valence-corrected chi connectivity index (χ2v) is 9.22. The molecule has 0 radical (unpaired) electrons. The van der Waals surface area contributed by atoms with E-state index in [0.29, 0.717) is 29.7 Å². The summed E-state index contributed by atoms with van der Waals surface area (Å²) in [6.07, 6.45) is 3.66. The lowest BCUT2D eigenvalue weighted by Gasteiger charge is -2.36. The SMILES string of the molecule is CCC/C(=C\c1cccc(O)c1)CC[C@@H](O)C1=C(CC)C[C@H]2C(=O)N(C(=O)OC)C(=O)[C@H]2[C@H]1CO. The van der Waals surface area contributed by atoms with E-state index in [-0.39, 0.29) is 12.2 Å². The highest BCUT2D eigenvalue weighted by Gasteiger charge is 2.56. The number of carbonyl (C=O) groups excluding carboxylic acids is 3. The van der Waals surface area contributed by atoms with Crippen LogP contribution in [0.5, 0.6) is 5.75 Å². The summed E-state index contributed by atoms with van der Waals surface area (Å²) in [6, 6.07) is 6.98. The van der Waals surface area contributed by atoms with Crippen LogP contribution in [0.15, 0.2) is 41.0 Å². The van der Waals surface area contributed by atoms with E-state index < -0.39 is 48.4 Å². The molecule has 4 atom stereocenters. The van der Waals surface area contributed by atoms with Crippen molar-refractivity contribution in [3.8, 4) is 5.75 Å². The maximum Gasteiger partial charge on any atom is 0.423 e. The van der Waals surface area contributed by atoms with Crippen LogP contribution in [-0.4, -0.2) is 57.9 Å². The van der Waals surface area contributed by atoms with Crippen LogP contribution in [0, 0.1) is 17.8 Å². The van der Waals surface area contributed by atoms with Crippen molar-refractivity contribution in [2.24, 2.45) is 17.8 Å². The predicted octanol–water partition coefficient (Wildman–Crippen LogP) is 3.80. The monoisotopic (exact) mass is 485 g/mol. The van der Waals surface area contributed by atoms with E-state index in [1.54, 1.807) is 18.2 Å². The number of imide groups is 3. The van der Waals surface area contributed by atoms with E-state index in [4.69, 9.17) is 0 Å². The number of benzene rings is 1. The molecule has 3 amide bonds. The summed E-state index contributed by atoms with van der Waals surface area (Å²) in [5.74, 6) is -3.48. The maximum absolute atomic E-state index is 13.0. The third-order valence-corrected chi connectivity index (χ3v) is 7.07. The molecule has 0 aromatic heterocycles. The van der Waals surface area contributed by atoms with Gasteiger partial charge in [-0.1, -0.05) is 49.6 Å². The topological polar surface area (TPSA) is 124 Å². The Bertz CT molecular complexity index is 1030. The summed E-state index contributed by atoms with van der Waals surface area (Å²) in [7, 11) is 1.11. The number of phenols is 1. The average Bonchev–Trinajstić information content (AvgIpc) is 3.10. The van der Waals surface area contributed by atoms with Crippen LogP contribution < -0.4 is 0 Å². The van der Waals surface area contributed by atoms with Crippen molar-refractivity contribution in [1.29, 1.82) is 0 Å². The molecule has 1 fully saturated rings. The van der Waals surface area contributed by atoms with Gasteiger partial charge in [-0.05, 0) is 55.4 Å². The first-order valence-electron chi connectivity index (χ1n) is 12.2. The number of amides is 3. The Labute approximate surface area is 205 Å². The number of carbonyl (C=O) groups is 3. The van der Waals surface area contributed by atoms with Gasteiger partial charge in [-0.15, -0.1) is 0 Å². The Hall–Kier alpha value is -2.97. The number of likely N-dealkylation sites (tertiary alicyclic amines) is 1. The molecule has 2 aliphatic rings. The Kier molecular flexibility index (Phi) is 8.86. The van der Waals surface area contributed by atoms with Gasteiger partial charge in [0.05, 0.1) is 31.7 Å². The Balaban J connectivity index is 1.85. The molecule has 190 valence electrons. The van der Waals surface area contributed by atoms with Crippen LogP contribution in [0.2, 0.25) is 0 Å². The molecule has 0 saturated carbocycles. The van der Waals surface area contributed by atoms with Gasteiger partial charge in [-0.25, -0.2) is 4.79 Å². The van der Waals surface area contributed by atoms with Crippen LogP contribution in [-0.2, 0) is 14.3 Å². The summed E-state index contributed by atoms with van der Waals surface area (Å²) in [5, 5.41) is 31.3. The molecular formula is C27H35NO7. The highest BCUT2D eigenvalue weighted by atomic mass is 16.5. The van der Waals surface area contributed by atoms with E-state index in [1.165, 1.54) is 0 Å². The second kappa shape index (κ2) is 11.6. The first-order chi connectivity index (χ1) is 16.8. The minimum absolute atomic E-state index is 0.187. The molecule has 1 aromatic rings. The van der Waals surface area contributed by atoms with E-state index in [1.807, 2.05) is 19.1 Å². The van der Waals surface area contributed by atoms with E-state index in [0.717, 1.165) is 36.7 Å². The number of aliphatic hydroxyl groups is 2. The fraction of sp³-hybridized carbons (Fsp3) is 0.519. The number of rotatable bonds is 9. The number of methoxy groups -OCH3 is 1. The third kappa shape index (κ3) is 5.49. The fourth-order valence-corrected chi connectivity index (χ4v) is 5.49. The number of phenolic OH excluding ortho intramolecular Hbond substituents is 1.